The summed E-state index contributed by atoms with van der Waals surface area (Å²) in [5.41, 5.74) is 3.95. The summed E-state index contributed by atoms with van der Waals surface area (Å²) in [7, 11) is 1.47. The number of allylic oxidation sites excluding steroid dienone is 1. The summed E-state index contributed by atoms with van der Waals surface area (Å²) in [5.74, 6) is -2.13. The monoisotopic (exact) mass is 352 g/mol. The number of quaternary nitrogens is 1. The lowest BCUT2D eigenvalue weighted by atomic mass is 10.0. The highest BCUT2D eigenvalue weighted by atomic mass is 35.5. The molecule has 3 rings (SSSR count). The molecule has 0 saturated carbocycles. The van der Waals surface area contributed by atoms with Crippen LogP contribution in [0.5, 0.6) is 0 Å². The van der Waals surface area contributed by atoms with Crippen LogP contribution < -0.4 is 10.0 Å². The van der Waals surface area contributed by atoms with E-state index < -0.39 is 22.0 Å². The third-order valence-electron chi connectivity index (χ3n) is 4.04. The van der Waals surface area contributed by atoms with Crippen molar-refractivity contribution in [1.29, 1.82) is 5.41 Å². The minimum absolute atomic E-state index is 0.0926. The SMILES string of the molecule is CC1=C(c2ccc(F)cc2Cl)C(=N)[N+](C)(c2c(F)cccc2F)N1. The van der Waals surface area contributed by atoms with E-state index in [2.05, 4.69) is 5.43 Å². The first-order chi connectivity index (χ1) is 11.3. The molecule has 2 aromatic carbocycles. The lowest BCUT2D eigenvalue weighted by Crippen LogP contribution is -2.56. The smallest absolute Gasteiger partial charge is 0.248 e. The van der Waals surface area contributed by atoms with E-state index in [4.69, 9.17) is 17.0 Å². The molecule has 2 aromatic rings. The van der Waals surface area contributed by atoms with Gasteiger partial charge in [0.1, 0.15) is 12.9 Å². The number of nitrogens with zero attached hydrogens (tertiary/aromatic N) is 1. The number of nitrogens with one attached hydrogen (secondary N) is 2. The Morgan fingerprint density at radius 3 is 2.29 bits per heavy atom. The Labute approximate surface area is 142 Å². The molecule has 24 heavy (non-hydrogen) atoms. The number of hydrogen-bond acceptors (Lipinski definition) is 2. The molecule has 1 aliphatic rings. The topological polar surface area (TPSA) is 35.9 Å². The summed E-state index contributed by atoms with van der Waals surface area (Å²) in [6.45, 7) is 1.67. The Hall–Kier alpha value is -2.31. The Bertz CT molecular complexity index is 874. The molecule has 0 spiro atoms. The van der Waals surface area contributed by atoms with E-state index in [9.17, 15) is 13.2 Å². The molecule has 1 heterocycles. The second kappa shape index (κ2) is 5.65. The minimum Gasteiger partial charge on any atom is -0.248 e. The molecule has 0 saturated heterocycles. The van der Waals surface area contributed by atoms with E-state index >= 15 is 0 Å². The molecule has 2 N–H and O–H groups in total. The highest BCUT2D eigenvalue weighted by molar-refractivity contribution is 6.36. The van der Waals surface area contributed by atoms with Gasteiger partial charge in [0.2, 0.25) is 5.69 Å². The van der Waals surface area contributed by atoms with Crippen LogP contribution in [0.15, 0.2) is 42.1 Å². The lowest BCUT2D eigenvalue weighted by Gasteiger charge is -2.28. The van der Waals surface area contributed by atoms with Crippen LogP contribution in [-0.2, 0) is 0 Å². The number of benzene rings is 2. The summed E-state index contributed by atoms with van der Waals surface area (Å²) < 4.78 is 41.1. The average molecular weight is 353 g/mol. The van der Waals surface area contributed by atoms with Gasteiger partial charge >= 0.3 is 0 Å². The summed E-state index contributed by atoms with van der Waals surface area (Å²) in [6, 6.07) is 7.33. The Morgan fingerprint density at radius 1 is 1.08 bits per heavy atom. The normalized spacial score (nSPS) is 20.5. The fourth-order valence-corrected chi connectivity index (χ4v) is 3.22. The number of rotatable bonds is 2. The van der Waals surface area contributed by atoms with Gasteiger partial charge in [0, 0.05) is 5.56 Å². The van der Waals surface area contributed by atoms with Crippen molar-refractivity contribution in [2.45, 2.75) is 6.92 Å². The number of halogens is 4. The number of likely N-dealkylation sites (N-methyl/N-ethyl adjacent to an activating group) is 1. The number of amidine groups is 1. The van der Waals surface area contributed by atoms with Gasteiger partial charge in [0.05, 0.1) is 16.3 Å². The lowest BCUT2D eigenvalue weighted by molar-refractivity contribution is 0.385. The molecular weight excluding hydrogens is 339 g/mol. The zero-order valence-electron chi connectivity index (χ0n) is 12.9. The first-order valence-corrected chi connectivity index (χ1v) is 7.48. The molecule has 0 fully saturated rings. The Morgan fingerprint density at radius 2 is 1.71 bits per heavy atom. The third-order valence-corrected chi connectivity index (χ3v) is 4.35. The number of hydrogen-bond donors (Lipinski definition) is 2. The van der Waals surface area contributed by atoms with Gasteiger partial charge in [-0.3, -0.25) is 0 Å². The van der Waals surface area contributed by atoms with Crippen LogP contribution in [0.25, 0.3) is 5.57 Å². The molecule has 1 aliphatic heterocycles. The van der Waals surface area contributed by atoms with Gasteiger partial charge in [-0.05, 0) is 37.3 Å². The van der Waals surface area contributed by atoms with Gasteiger partial charge in [-0.15, -0.1) is 4.59 Å². The van der Waals surface area contributed by atoms with Crippen LogP contribution in [0, 0.1) is 22.9 Å². The summed E-state index contributed by atoms with van der Waals surface area (Å²) in [4.78, 5) is 0. The van der Waals surface area contributed by atoms with Crippen LogP contribution in [0.1, 0.15) is 12.5 Å². The Balaban J connectivity index is 2.14. The second-order valence-electron chi connectivity index (χ2n) is 5.66. The Kier molecular flexibility index (Phi) is 3.89. The van der Waals surface area contributed by atoms with Crippen molar-refractivity contribution < 1.29 is 13.2 Å². The van der Waals surface area contributed by atoms with Crippen molar-refractivity contribution >= 4 is 28.7 Å². The van der Waals surface area contributed by atoms with E-state index in [-0.39, 0.29) is 16.5 Å². The molecule has 0 amide bonds. The van der Waals surface area contributed by atoms with Gasteiger partial charge in [-0.2, -0.15) is 0 Å². The molecule has 3 nitrogen and oxygen atoms in total. The molecule has 1 unspecified atom stereocenters. The van der Waals surface area contributed by atoms with Crippen molar-refractivity contribution in [2.24, 2.45) is 0 Å². The van der Waals surface area contributed by atoms with Gasteiger partial charge < -0.3 is 0 Å². The molecule has 0 bridgehead atoms. The van der Waals surface area contributed by atoms with Crippen molar-refractivity contribution in [2.75, 3.05) is 7.05 Å². The minimum atomic E-state index is -0.769. The first kappa shape index (κ1) is 16.5. The van der Waals surface area contributed by atoms with Crippen LogP contribution in [0.3, 0.4) is 0 Å². The zero-order chi connectivity index (χ0) is 17.6. The van der Waals surface area contributed by atoms with Crippen molar-refractivity contribution in [3.63, 3.8) is 0 Å². The molecule has 0 aliphatic carbocycles. The van der Waals surface area contributed by atoms with Gasteiger partial charge in [-0.1, -0.05) is 17.7 Å². The highest BCUT2D eigenvalue weighted by Crippen LogP contribution is 2.38. The zero-order valence-corrected chi connectivity index (χ0v) is 13.7. The molecular formula is C17H14ClF3N3+. The molecule has 1 atom stereocenters. The second-order valence-corrected chi connectivity index (χ2v) is 6.07. The maximum absolute atomic E-state index is 14.2. The van der Waals surface area contributed by atoms with Crippen molar-refractivity contribution in [3.05, 3.63) is 70.1 Å². The largest absolute Gasteiger partial charge is 0.260 e. The molecule has 124 valence electrons. The first-order valence-electron chi connectivity index (χ1n) is 7.11. The van der Waals surface area contributed by atoms with E-state index in [1.165, 1.54) is 25.2 Å². The standard InChI is InChI=1S/C17H14ClF3N3/c1-9-15(11-7-6-10(19)8-12(11)18)17(22)24(2,23-9)16-13(20)4-3-5-14(16)21/h3-8,22-23H,1-2H3/q+1. The quantitative estimate of drug-likeness (QED) is 0.760. The van der Waals surface area contributed by atoms with Crippen molar-refractivity contribution in [3.8, 4) is 0 Å². The van der Waals surface area contributed by atoms with Crippen LogP contribution >= 0.6 is 11.6 Å². The predicted octanol–water partition coefficient (Wildman–Crippen LogP) is 4.62. The maximum atomic E-state index is 14.2. The fourth-order valence-electron chi connectivity index (χ4n) is 2.95. The van der Waals surface area contributed by atoms with Crippen LogP contribution in [0.4, 0.5) is 18.9 Å². The van der Waals surface area contributed by atoms with E-state index in [1.54, 1.807) is 6.92 Å². The molecule has 0 radical (unpaired) electrons. The predicted molar refractivity (Wildman–Crippen MR) is 88.9 cm³/mol. The van der Waals surface area contributed by atoms with Gasteiger partial charge in [-0.25, -0.2) is 24.0 Å². The van der Waals surface area contributed by atoms with E-state index in [0.717, 1.165) is 18.2 Å². The van der Waals surface area contributed by atoms with Gasteiger partial charge in [0.15, 0.2) is 11.6 Å². The van der Waals surface area contributed by atoms with Crippen LogP contribution in [-0.4, -0.2) is 12.9 Å². The maximum Gasteiger partial charge on any atom is 0.260 e. The van der Waals surface area contributed by atoms with Gasteiger partial charge in [0.25, 0.3) is 5.84 Å². The van der Waals surface area contributed by atoms with Crippen molar-refractivity contribution in [1.82, 2.24) is 10.0 Å². The summed E-state index contributed by atoms with van der Waals surface area (Å²) in [5, 5.41) is 8.60. The summed E-state index contributed by atoms with van der Waals surface area (Å²) >= 11 is 6.09. The highest BCUT2D eigenvalue weighted by Gasteiger charge is 2.46. The van der Waals surface area contributed by atoms with Crippen LogP contribution in [0.2, 0.25) is 5.02 Å². The summed E-state index contributed by atoms with van der Waals surface area (Å²) in [6.07, 6.45) is 0. The number of para-hydroxylation sites is 1. The molecule has 7 heteroatoms. The average Bonchev–Trinajstić information content (AvgIpc) is 2.70. The third kappa shape index (κ3) is 2.39. The van der Waals surface area contributed by atoms with E-state index in [0.29, 0.717) is 16.8 Å². The molecule has 0 aromatic heterocycles. The fraction of sp³-hybridized carbons (Fsp3) is 0.118. The van der Waals surface area contributed by atoms with E-state index in [1.807, 2.05) is 0 Å².